The van der Waals surface area contributed by atoms with Crippen molar-refractivity contribution in [1.29, 1.82) is 0 Å². The van der Waals surface area contributed by atoms with Gasteiger partial charge < -0.3 is 20.5 Å². The van der Waals surface area contributed by atoms with Crippen molar-refractivity contribution in [2.24, 2.45) is 0 Å². The number of aryl methyl sites for hydroxylation is 1. The van der Waals surface area contributed by atoms with E-state index in [2.05, 4.69) is 41.8 Å². The molecule has 1 aromatic heterocycles. The number of carbonyl (C=O) groups excluding carboxylic acids is 1. The largest absolute Gasteiger partial charge is 0.389 e. The molecule has 6 heteroatoms. The van der Waals surface area contributed by atoms with Crippen LogP contribution in [-0.4, -0.2) is 42.4 Å². The van der Waals surface area contributed by atoms with E-state index >= 15 is 0 Å². The highest BCUT2D eigenvalue weighted by molar-refractivity contribution is 7.12. The molecule has 1 fully saturated rings. The monoisotopic (exact) mass is 346 g/mol. The summed E-state index contributed by atoms with van der Waals surface area (Å²) in [5, 5.41) is 18.4. The molecule has 0 bridgehead atoms. The summed E-state index contributed by atoms with van der Waals surface area (Å²) >= 11 is 1.39. The topological polar surface area (TPSA) is 70.6 Å². The van der Waals surface area contributed by atoms with Gasteiger partial charge in [0.1, 0.15) is 6.10 Å². The van der Waals surface area contributed by atoms with Gasteiger partial charge in [-0.15, -0.1) is 11.3 Å². The third-order valence-corrected chi connectivity index (χ3v) is 5.05. The van der Waals surface area contributed by atoms with Crippen molar-refractivity contribution in [3.8, 4) is 0 Å². The van der Waals surface area contributed by atoms with Gasteiger partial charge in [-0.05, 0) is 23.9 Å². The van der Waals surface area contributed by atoms with Gasteiger partial charge in [-0.2, -0.15) is 0 Å². The number of nitrogens with one attached hydrogen (secondary N) is 2. The molecule has 128 valence electrons. The molecule has 2 heterocycles. The molecule has 2 aromatic rings. The standard InChI is InChI=1S/C18H22N2O3S/c1-12-4-6-13(7-5-12)9-19-14-11-23-15(17(14)21)10-20-18(22)16-3-2-8-24-16/h2-8,14-15,17,19,21H,9-11H2,1H3,(H,20,22). The van der Waals surface area contributed by atoms with Gasteiger partial charge in [0, 0.05) is 13.1 Å². The second-order valence-electron chi connectivity index (χ2n) is 6.02. The zero-order valence-corrected chi connectivity index (χ0v) is 14.4. The van der Waals surface area contributed by atoms with Crippen molar-refractivity contribution in [3.63, 3.8) is 0 Å². The van der Waals surface area contributed by atoms with Crippen LogP contribution >= 0.6 is 11.3 Å². The van der Waals surface area contributed by atoms with Crippen LogP contribution in [0.4, 0.5) is 0 Å². The Morgan fingerprint density at radius 3 is 2.83 bits per heavy atom. The lowest BCUT2D eigenvalue weighted by Gasteiger charge is -2.19. The average molecular weight is 346 g/mol. The van der Waals surface area contributed by atoms with Crippen LogP contribution in [0.5, 0.6) is 0 Å². The van der Waals surface area contributed by atoms with Crippen molar-refractivity contribution in [1.82, 2.24) is 10.6 Å². The van der Waals surface area contributed by atoms with E-state index < -0.39 is 6.10 Å². The number of aliphatic hydroxyl groups is 1. The molecule has 0 aliphatic carbocycles. The zero-order chi connectivity index (χ0) is 16.9. The number of hydrogen-bond donors (Lipinski definition) is 3. The highest BCUT2D eigenvalue weighted by atomic mass is 32.1. The van der Waals surface area contributed by atoms with Gasteiger partial charge in [0.25, 0.3) is 5.91 Å². The molecule has 0 saturated carbocycles. The summed E-state index contributed by atoms with van der Waals surface area (Å²) in [6.45, 7) is 3.48. The van der Waals surface area contributed by atoms with E-state index in [1.807, 2.05) is 11.4 Å². The summed E-state index contributed by atoms with van der Waals surface area (Å²) in [5.74, 6) is -0.128. The van der Waals surface area contributed by atoms with Crippen LogP contribution in [0.3, 0.4) is 0 Å². The molecule has 3 N–H and O–H groups in total. The SMILES string of the molecule is Cc1ccc(CNC2COC(CNC(=O)c3cccs3)C2O)cc1. The Bertz CT molecular complexity index is 657. The van der Waals surface area contributed by atoms with Crippen molar-refractivity contribution in [2.75, 3.05) is 13.2 Å². The lowest BCUT2D eigenvalue weighted by atomic mass is 10.1. The fourth-order valence-corrected chi connectivity index (χ4v) is 3.33. The summed E-state index contributed by atoms with van der Waals surface area (Å²) in [4.78, 5) is 12.6. The zero-order valence-electron chi connectivity index (χ0n) is 13.6. The molecule has 0 radical (unpaired) electrons. The predicted molar refractivity (Wildman–Crippen MR) is 94.2 cm³/mol. The van der Waals surface area contributed by atoms with Crippen molar-refractivity contribution < 1.29 is 14.6 Å². The van der Waals surface area contributed by atoms with E-state index in [1.54, 1.807) is 6.07 Å². The minimum absolute atomic E-state index is 0.128. The second kappa shape index (κ2) is 7.90. The van der Waals surface area contributed by atoms with Crippen LogP contribution in [0.2, 0.25) is 0 Å². The minimum atomic E-state index is -0.640. The number of hydrogen-bond acceptors (Lipinski definition) is 5. The van der Waals surface area contributed by atoms with Gasteiger partial charge in [-0.1, -0.05) is 35.9 Å². The Balaban J connectivity index is 1.45. The third kappa shape index (κ3) is 4.21. The quantitative estimate of drug-likeness (QED) is 0.745. The Hall–Kier alpha value is -1.73. The number of thiophene rings is 1. The van der Waals surface area contributed by atoms with Gasteiger partial charge in [0.2, 0.25) is 0 Å². The van der Waals surface area contributed by atoms with E-state index in [4.69, 9.17) is 4.74 Å². The minimum Gasteiger partial charge on any atom is -0.389 e. The van der Waals surface area contributed by atoms with E-state index in [0.29, 0.717) is 24.6 Å². The Labute approximate surface area is 145 Å². The molecular formula is C18H22N2O3S. The average Bonchev–Trinajstić information content (AvgIpc) is 3.23. The number of amides is 1. The van der Waals surface area contributed by atoms with E-state index in [0.717, 1.165) is 0 Å². The summed E-state index contributed by atoms with van der Waals surface area (Å²) in [6, 6.07) is 11.8. The first kappa shape index (κ1) is 17.1. The fourth-order valence-electron chi connectivity index (χ4n) is 2.69. The van der Waals surface area contributed by atoms with Crippen LogP contribution in [0.15, 0.2) is 41.8 Å². The highest BCUT2D eigenvalue weighted by Crippen LogP contribution is 2.15. The molecule has 24 heavy (non-hydrogen) atoms. The smallest absolute Gasteiger partial charge is 0.261 e. The third-order valence-electron chi connectivity index (χ3n) is 4.18. The summed E-state index contributed by atoms with van der Waals surface area (Å²) in [5.41, 5.74) is 2.40. The number of ether oxygens (including phenoxy) is 1. The van der Waals surface area contributed by atoms with E-state index in [9.17, 15) is 9.90 Å². The van der Waals surface area contributed by atoms with Gasteiger partial charge in [-0.3, -0.25) is 4.79 Å². The summed E-state index contributed by atoms with van der Waals surface area (Å²) in [7, 11) is 0. The van der Waals surface area contributed by atoms with Crippen LogP contribution in [0.1, 0.15) is 20.8 Å². The molecule has 1 amide bonds. The first-order valence-electron chi connectivity index (χ1n) is 8.04. The predicted octanol–water partition coefficient (Wildman–Crippen LogP) is 1.70. The maximum Gasteiger partial charge on any atom is 0.261 e. The first-order chi connectivity index (χ1) is 11.6. The van der Waals surface area contributed by atoms with Crippen LogP contribution in [0, 0.1) is 6.92 Å². The van der Waals surface area contributed by atoms with Gasteiger partial charge in [-0.25, -0.2) is 0 Å². The molecule has 3 atom stereocenters. The molecule has 1 saturated heterocycles. The van der Waals surface area contributed by atoms with Gasteiger partial charge in [0.15, 0.2) is 0 Å². The number of benzene rings is 1. The molecule has 1 aliphatic rings. The van der Waals surface area contributed by atoms with Crippen molar-refractivity contribution in [2.45, 2.75) is 31.7 Å². The van der Waals surface area contributed by atoms with Crippen LogP contribution in [-0.2, 0) is 11.3 Å². The molecular weight excluding hydrogens is 324 g/mol. The first-order valence-corrected chi connectivity index (χ1v) is 8.92. The van der Waals surface area contributed by atoms with Crippen molar-refractivity contribution >= 4 is 17.2 Å². The number of carbonyl (C=O) groups is 1. The van der Waals surface area contributed by atoms with E-state index in [1.165, 1.54) is 22.5 Å². The molecule has 3 unspecified atom stereocenters. The molecule has 3 rings (SSSR count). The molecule has 5 nitrogen and oxygen atoms in total. The Kier molecular flexibility index (Phi) is 5.63. The Morgan fingerprint density at radius 2 is 2.12 bits per heavy atom. The van der Waals surface area contributed by atoms with Gasteiger partial charge >= 0.3 is 0 Å². The van der Waals surface area contributed by atoms with Crippen LogP contribution < -0.4 is 10.6 Å². The fraction of sp³-hybridized carbons (Fsp3) is 0.389. The molecule has 1 aromatic carbocycles. The lowest BCUT2D eigenvalue weighted by molar-refractivity contribution is 0.0399. The maximum absolute atomic E-state index is 11.9. The second-order valence-corrected chi connectivity index (χ2v) is 6.97. The number of rotatable bonds is 6. The summed E-state index contributed by atoms with van der Waals surface area (Å²) < 4.78 is 5.63. The van der Waals surface area contributed by atoms with Gasteiger partial charge in [0.05, 0.1) is 23.6 Å². The van der Waals surface area contributed by atoms with E-state index in [-0.39, 0.29) is 18.1 Å². The number of aliphatic hydroxyl groups excluding tert-OH is 1. The van der Waals surface area contributed by atoms with Crippen molar-refractivity contribution in [3.05, 3.63) is 57.8 Å². The molecule has 0 spiro atoms. The Morgan fingerprint density at radius 1 is 1.33 bits per heavy atom. The maximum atomic E-state index is 11.9. The lowest BCUT2D eigenvalue weighted by Crippen LogP contribution is -2.44. The summed E-state index contributed by atoms with van der Waals surface area (Å²) in [6.07, 6.45) is -1.02. The van der Waals surface area contributed by atoms with Crippen LogP contribution in [0.25, 0.3) is 0 Å². The molecule has 1 aliphatic heterocycles. The highest BCUT2D eigenvalue weighted by Gasteiger charge is 2.35. The normalized spacial score (nSPS) is 23.3.